The van der Waals surface area contributed by atoms with Crippen LogP contribution in [0.1, 0.15) is 28.9 Å². The standard InChI is InChI=1S/C15H17N5O3/c1-19-12(6-7-17-19)9-16-13-5-2-10(8-14(13)20(22)23)15(21)18-11-3-4-11/h2,5-8,11,16H,3-4,9H2,1H3,(H,18,21). The number of nitrogens with one attached hydrogen (secondary N) is 2. The van der Waals surface area contributed by atoms with Crippen molar-refractivity contribution in [3.05, 3.63) is 51.8 Å². The molecule has 1 aromatic heterocycles. The molecule has 0 bridgehead atoms. The number of nitrogens with zero attached hydrogens (tertiary/aromatic N) is 3. The minimum absolute atomic E-state index is 0.115. The SMILES string of the molecule is Cn1nccc1CNc1ccc(C(=O)NC2CC2)cc1[N+](=O)[O-]. The summed E-state index contributed by atoms with van der Waals surface area (Å²) in [6.07, 6.45) is 3.60. The number of benzene rings is 1. The summed E-state index contributed by atoms with van der Waals surface area (Å²) in [7, 11) is 1.80. The van der Waals surface area contributed by atoms with E-state index in [1.807, 2.05) is 6.07 Å². The second-order valence-corrected chi connectivity index (χ2v) is 5.54. The zero-order valence-electron chi connectivity index (χ0n) is 12.7. The Kier molecular flexibility index (Phi) is 3.96. The molecule has 3 rings (SSSR count). The first-order chi connectivity index (χ1) is 11.0. The van der Waals surface area contributed by atoms with Crippen molar-refractivity contribution < 1.29 is 9.72 Å². The largest absolute Gasteiger partial charge is 0.374 e. The zero-order chi connectivity index (χ0) is 16.4. The maximum Gasteiger partial charge on any atom is 0.293 e. The van der Waals surface area contributed by atoms with E-state index in [-0.39, 0.29) is 17.6 Å². The van der Waals surface area contributed by atoms with Gasteiger partial charge in [0, 0.05) is 30.9 Å². The summed E-state index contributed by atoms with van der Waals surface area (Å²) in [4.78, 5) is 22.8. The van der Waals surface area contributed by atoms with Crippen molar-refractivity contribution in [1.29, 1.82) is 0 Å². The number of carbonyl (C=O) groups excluding carboxylic acids is 1. The van der Waals surface area contributed by atoms with Crippen LogP contribution < -0.4 is 10.6 Å². The highest BCUT2D eigenvalue weighted by Crippen LogP contribution is 2.27. The minimum Gasteiger partial charge on any atom is -0.374 e. The molecule has 1 aliphatic rings. The molecule has 0 spiro atoms. The summed E-state index contributed by atoms with van der Waals surface area (Å²) in [6, 6.07) is 6.51. The normalized spacial score (nSPS) is 13.6. The molecule has 0 unspecified atom stereocenters. The Balaban J connectivity index is 1.77. The number of amides is 1. The van der Waals surface area contributed by atoms with Crippen LogP contribution in [0.5, 0.6) is 0 Å². The summed E-state index contributed by atoms with van der Waals surface area (Å²) >= 11 is 0. The van der Waals surface area contributed by atoms with Crippen molar-refractivity contribution >= 4 is 17.3 Å². The molecular weight excluding hydrogens is 298 g/mol. The Hall–Kier alpha value is -2.90. The van der Waals surface area contributed by atoms with Crippen LogP contribution in [0.2, 0.25) is 0 Å². The van der Waals surface area contributed by atoms with E-state index in [1.165, 1.54) is 6.07 Å². The van der Waals surface area contributed by atoms with Gasteiger partial charge < -0.3 is 10.6 Å². The highest BCUT2D eigenvalue weighted by Gasteiger charge is 2.25. The summed E-state index contributed by atoms with van der Waals surface area (Å²) in [6.45, 7) is 0.408. The predicted octanol–water partition coefficient (Wildman–Crippen LogP) is 1.83. The van der Waals surface area contributed by atoms with Gasteiger partial charge in [0.15, 0.2) is 0 Å². The zero-order valence-corrected chi connectivity index (χ0v) is 12.7. The van der Waals surface area contributed by atoms with Crippen LogP contribution in [-0.2, 0) is 13.6 Å². The molecular formula is C15H17N5O3. The fourth-order valence-electron chi connectivity index (χ4n) is 2.23. The first-order valence-electron chi connectivity index (χ1n) is 7.34. The first kappa shape index (κ1) is 15.0. The molecule has 1 heterocycles. The number of nitro groups is 1. The molecule has 1 aromatic carbocycles. The molecule has 8 heteroatoms. The lowest BCUT2D eigenvalue weighted by molar-refractivity contribution is -0.384. The fraction of sp³-hybridized carbons (Fsp3) is 0.333. The number of rotatable bonds is 6. The van der Waals surface area contributed by atoms with E-state index in [0.29, 0.717) is 17.8 Å². The molecule has 1 amide bonds. The van der Waals surface area contributed by atoms with Crippen LogP contribution in [0.15, 0.2) is 30.5 Å². The first-order valence-corrected chi connectivity index (χ1v) is 7.34. The van der Waals surface area contributed by atoms with Gasteiger partial charge in [-0.25, -0.2) is 0 Å². The Bertz CT molecular complexity index is 751. The van der Waals surface area contributed by atoms with E-state index in [1.54, 1.807) is 30.1 Å². The van der Waals surface area contributed by atoms with Crippen molar-refractivity contribution in [2.75, 3.05) is 5.32 Å². The smallest absolute Gasteiger partial charge is 0.293 e. The van der Waals surface area contributed by atoms with Crippen molar-refractivity contribution in [3.63, 3.8) is 0 Å². The highest BCUT2D eigenvalue weighted by molar-refractivity contribution is 5.96. The third-order valence-electron chi connectivity index (χ3n) is 3.75. The van der Waals surface area contributed by atoms with E-state index in [4.69, 9.17) is 0 Å². The number of aromatic nitrogens is 2. The van der Waals surface area contributed by atoms with E-state index in [0.717, 1.165) is 18.5 Å². The van der Waals surface area contributed by atoms with Gasteiger partial charge in [-0.05, 0) is 31.0 Å². The Morgan fingerprint density at radius 2 is 2.22 bits per heavy atom. The number of hydrogen-bond donors (Lipinski definition) is 2. The van der Waals surface area contributed by atoms with Gasteiger partial charge >= 0.3 is 0 Å². The van der Waals surface area contributed by atoms with Crippen LogP contribution in [0.3, 0.4) is 0 Å². The van der Waals surface area contributed by atoms with Gasteiger partial charge in [-0.3, -0.25) is 19.6 Å². The number of hydrogen-bond acceptors (Lipinski definition) is 5. The van der Waals surface area contributed by atoms with Gasteiger partial charge in [-0.15, -0.1) is 0 Å². The van der Waals surface area contributed by atoms with Gasteiger partial charge in [0.05, 0.1) is 17.2 Å². The lowest BCUT2D eigenvalue weighted by Gasteiger charge is -2.09. The molecule has 120 valence electrons. The number of carbonyl (C=O) groups is 1. The molecule has 0 radical (unpaired) electrons. The topological polar surface area (TPSA) is 102 Å². The Labute approximate surface area is 132 Å². The van der Waals surface area contributed by atoms with Gasteiger partial charge in [0.1, 0.15) is 5.69 Å². The van der Waals surface area contributed by atoms with E-state index in [2.05, 4.69) is 15.7 Å². The molecule has 0 saturated heterocycles. The molecule has 0 atom stereocenters. The molecule has 2 aromatic rings. The predicted molar refractivity (Wildman–Crippen MR) is 84.1 cm³/mol. The minimum atomic E-state index is -0.487. The van der Waals surface area contributed by atoms with Gasteiger partial charge in [-0.2, -0.15) is 5.10 Å². The summed E-state index contributed by atoms with van der Waals surface area (Å²) in [5.74, 6) is -0.270. The average Bonchev–Trinajstić information content (AvgIpc) is 3.25. The Morgan fingerprint density at radius 3 is 2.83 bits per heavy atom. The Morgan fingerprint density at radius 1 is 1.43 bits per heavy atom. The van der Waals surface area contributed by atoms with Crippen molar-refractivity contribution in [2.45, 2.75) is 25.4 Å². The van der Waals surface area contributed by atoms with Crippen molar-refractivity contribution in [2.24, 2.45) is 7.05 Å². The monoisotopic (exact) mass is 315 g/mol. The van der Waals surface area contributed by atoms with Crippen LogP contribution in [0, 0.1) is 10.1 Å². The third-order valence-corrected chi connectivity index (χ3v) is 3.75. The van der Waals surface area contributed by atoms with Crippen LogP contribution in [0.4, 0.5) is 11.4 Å². The van der Waals surface area contributed by atoms with Crippen LogP contribution in [0.25, 0.3) is 0 Å². The second kappa shape index (κ2) is 6.07. The molecule has 23 heavy (non-hydrogen) atoms. The highest BCUT2D eigenvalue weighted by atomic mass is 16.6. The number of aryl methyl sites for hydroxylation is 1. The van der Waals surface area contributed by atoms with E-state index < -0.39 is 4.92 Å². The number of nitro benzene ring substituents is 1. The molecule has 1 saturated carbocycles. The maximum absolute atomic E-state index is 12.0. The fourth-order valence-corrected chi connectivity index (χ4v) is 2.23. The molecule has 1 fully saturated rings. The lowest BCUT2D eigenvalue weighted by atomic mass is 10.1. The second-order valence-electron chi connectivity index (χ2n) is 5.54. The quantitative estimate of drug-likeness (QED) is 0.625. The molecule has 0 aliphatic heterocycles. The van der Waals surface area contributed by atoms with Gasteiger partial charge in [-0.1, -0.05) is 0 Å². The van der Waals surface area contributed by atoms with E-state index in [9.17, 15) is 14.9 Å². The maximum atomic E-state index is 12.0. The molecule has 8 nitrogen and oxygen atoms in total. The van der Waals surface area contributed by atoms with Crippen LogP contribution in [-0.4, -0.2) is 26.7 Å². The summed E-state index contributed by atoms with van der Waals surface area (Å²) in [5.41, 5.74) is 1.46. The van der Waals surface area contributed by atoms with Gasteiger partial charge in [0.25, 0.3) is 11.6 Å². The summed E-state index contributed by atoms with van der Waals surface area (Å²) in [5, 5.41) is 21.2. The molecule has 1 aliphatic carbocycles. The van der Waals surface area contributed by atoms with Crippen molar-refractivity contribution in [1.82, 2.24) is 15.1 Å². The van der Waals surface area contributed by atoms with Gasteiger partial charge in [0.2, 0.25) is 0 Å². The van der Waals surface area contributed by atoms with E-state index >= 15 is 0 Å². The number of anilines is 1. The van der Waals surface area contributed by atoms with Crippen molar-refractivity contribution in [3.8, 4) is 0 Å². The summed E-state index contributed by atoms with van der Waals surface area (Å²) < 4.78 is 1.69. The third kappa shape index (κ3) is 3.47. The van der Waals surface area contributed by atoms with Crippen LogP contribution >= 0.6 is 0 Å². The molecule has 2 N–H and O–H groups in total. The lowest BCUT2D eigenvalue weighted by Crippen LogP contribution is -2.25. The average molecular weight is 315 g/mol.